The molecule has 1 aliphatic heterocycles. The van der Waals surface area contributed by atoms with Gasteiger partial charge in [-0.05, 0) is 41.8 Å². The summed E-state index contributed by atoms with van der Waals surface area (Å²) in [5.41, 5.74) is 3.54. The van der Waals surface area contributed by atoms with Crippen LogP contribution in [-0.2, 0) is 0 Å². The zero-order valence-corrected chi connectivity index (χ0v) is 15.7. The molecule has 3 heterocycles. The second-order valence-corrected chi connectivity index (χ2v) is 7.58. The molecule has 2 aromatic rings. The minimum Gasteiger partial charge on any atom is -0.298 e. The van der Waals surface area contributed by atoms with E-state index in [4.69, 9.17) is 10.1 Å². The van der Waals surface area contributed by atoms with E-state index in [2.05, 4.69) is 27.8 Å². The Morgan fingerprint density at radius 3 is 2.76 bits per heavy atom. The second-order valence-electron chi connectivity index (χ2n) is 6.67. The molecule has 0 radical (unpaired) electrons. The minimum absolute atomic E-state index is 0.292. The molecule has 0 spiro atoms. The maximum Gasteiger partial charge on any atom is 0.269 e. The first-order valence-electron chi connectivity index (χ1n) is 8.73. The molecule has 1 unspecified atom stereocenters. The van der Waals surface area contributed by atoms with Crippen LogP contribution in [0.3, 0.4) is 0 Å². The predicted molar refractivity (Wildman–Crippen MR) is 102 cm³/mol. The molecule has 1 fully saturated rings. The summed E-state index contributed by atoms with van der Waals surface area (Å²) in [6, 6.07) is 3.99. The molecule has 1 saturated carbocycles. The Morgan fingerprint density at radius 1 is 1.28 bits per heavy atom. The number of hydrogen-bond donors (Lipinski definition) is 0. The Labute approximate surface area is 155 Å². The fourth-order valence-electron chi connectivity index (χ4n) is 3.98. The van der Waals surface area contributed by atoms with E-state index in [-0.39, 0.29) is 0 Å². The number of carbonyl (C=O) groups is 1. The molecule has 0 amide bonds. The third-order valence-electron chi connectivity index (χ3n) is 5.28. The summed E-state index contributed by atoms with van der Waals surface area (Å²) < 4.78 is 1.21. The number of nitrogens with zero attached hydrogens (tertiary/aromatic N) is 4. The molecule has 25 heavy (non-hydrogen) atoms. The van der Waals surface area contributed by atoms with Gasteiger partial charge in [-0.2, -0.15) is 4.98 Å². The van der Waals surface area contributed by atoms with Crippen LogP contribution in [0.4, 0.5) is 11.5 Å². The Hall–Kier alpha value is -1.92. The number of hydrogen-bond acceptors (Lipinski definition) is 4. The summed E-state index contributed by atoms with van der Waals surface area (Å²) in [6.45, 7) is 2.83. The van der Waals surface area contributed by atoms with Gasteiger partial charge in [-0.15, -0.1) is 4.59 Å². The minimum atomic E-state index is 0.292. The highest BCUT2D eigenvalue weighted by Gasteiger charge is 2.42. The van der Waals surface area contributed by atoms with Gasteiger partial charge in [0.05, 0.1) is 23.7 Å². The van der Waals surface area contributed by atoms with Gasteiger partial charge < -0.3 is 0 Å². The first-order valence-corrected chi connectivity index (χ1v) is 9.52. The summed E-state index contributed by atoms with van der Waals surface area (Å²) in [5, 5.41) is 4.78. The van der Waals surface area contributed by atoms with Crippen LogP contribution in [0.5, 0.6) is 0 Å². The molecule has 0 bridgehead atoms. The van der Waals surface area contributed by atoms with Crippen molar-refractivity contribution in [1.29, 1.82) is 0 Å². The smallest absolute Gasteiger partial charge is 0.269 e. The topological polar surface area (TPSA) is 55.2 Å². The van der Waals surface area contributed by atoms with Gasteiger partial charge in [0.1, 0.15) is 6.54 Å². The van der Waals surface area contributed by atoms with Crippen molar-refractivity contribution in [2.24, 2.45) is 5.10 Å². The van der Waals surface area contributed by atoms with Crippen LogP contribution in [0.25, 0.3) is 0 Å². The maximum atomic E-state index is 11.6. The van der Waals surface area contributed by atoms with Crippen molar-refractivity contribution in [3.05, 3.63) is 45.8 Å². The number of halogens is 1. The van der Waals surface area contributed by atoms with Gasteiger partial charge in [-0.25, -0.2) is 0 Å². The average Bonchev–Trinajstić information content (AvgIpc) is 3.28. The van der Waals surface area contributed by atoms with Crippen molar-refractivity contribution in [3.63, 3.8) is 0 Å². The van der Waals surface area contributed by atoms with Crippen molar-refractivity contribution < 1.29 is 4.79 Å². The summed E-state index contributed by atoms with van der Waals surface area (Å²) in [6.07, 6.45) is 11.0. The monoisotopic (exact) mass is 399 g/mol. The average molecular weight is 400 g/mol. The molecule has 2 aromatic heterocycles. The van der Waals surface area contributed by atoms with Crippen LogP contribution in [0.2, 0.25) is 0 Å². The van der Waals surface area contributed by atoms with E-state index in [9.17, 15) is 4.79 Å². The summed E-state index contributed by atoms with van der Waals surface area (Å²) in [7, 11) is 0. The number of carbonyl (C=O) groups excluding carboxylic acids is 1. The Balaban J connectivity index is 1.89. The summed E-state index contributed by atoms with van der Waals surface area (Å²) in [5.74, 6) is 1.28. The fourth-order valence-corrected chi connectivity index (χ4v) is 4.34. The lowest BCUT2D eigenvalue weighted by atomic mass is 9.97. The number of pyridine rings is 2. The van der Waals surface area contributed by atoms with Crippen molar-refractivity contribution in [2.45, 2.75) is 38.5 Å². The molecule has 0 saturated heterocycles. The standard InChI is InChI=1S/C19H20BrN4O/c1-2-24(17-8-16(20)10-21-11-17)19-14(9-22-24)7-15(12-25)18(23-19)13-5-3-4-6-13/h7-13H,2-6H2,1H3/q+1. The third kappa shape index (κ3) is 2.64. The van der Waals surface area contributed by atoms with E-state index in [1.165, 1.54) is 12.8 Å². The van der Waals surface area contributed by atoms with Crippen molar-refractivity contribution in [1.82, 2.24) is 14.6 Å². The van der Waals surface area contributed by atoms with Gasteiger partial charge in [0.25, 0.3) is 5.82 Å². The zero-order chi connectivity index (χ0) is 17.4. The Kier molecular flexibility index (Phi) is 4.25. The van der Waals surface area contributed by atoms with Crippen LogP contribution >= 0.6 is 15.9 Å². The molecule has 1 atom stereocenters. The number of aldehydes is 1. The quantitative estimate of drug-likeness (QED) is 0.552. The fraction of sp³-hybridized carbons (Fsp3) is 0.368. The summed E-state index contributed by atoms with van der Waals surface area (Å²) >= 11 is 3.50. The van der Waals surface area contributed by atoms with Gasteiger partial charge in [0.15, 0.2) is 12.0 Å². The maximum absolute atomic E-state index is 11.6. The SMILES string of the molecule is CC[N+]1(c2cncc(Br)c2)N=Cc2cc(C=O)c(C3CCCC3)nc21. The molecular formula is C19H20BrN4O+. The first-order chi connectivity index (χ1) is 12.2. The van der Waals surface area contributed by atoms with E-state index in [1.54, 1.807) is 6.20 Å². The van der Waals surface area contributed by atoms with Gasteiger partial charge in [0.2, 0.25) is 0 Å². The van der Waals surface area contributed by atoms with E-state index < -0.39 is 0 Å². The molecule has 2 aliphatic rings. The van der Waals surface area contributed by atoms with Crippen LogP contribution in [-0.4, -0.2) is 29.0 Å². The highest BCUT2D eigenvalue weighted by atomic mass is 79.9. The Morgan fingerprint density at radius 2 is 2.08 bits per heavy atom. The molecule has 128 valence electrons. The van der Waals surface area contributed by atoms with Gasteiger partial charge in [-0.3, -0.25) is 9.78 Å². The van der Waals surface area contributed by atoms with Crippen LogP contribution in [0, 0.1) is 0 Å². The summed E-state index contributed by atoms with van der Waals surface area (Å²) in [4.78, 5) is 20.9. The molecule has 1 aliphatic carbocycles. The van der Waals surface area contributed by atoms with Crippen LogP contribution < -0.4 is 4.59 Å². The molecule has 0 N–H and O–H groups in total. The lowest BCUT2D eigenvalue weighted by Gasteiger charge is -2.27. The van der Waals surface area contributed by atoms with Crippen molar-refractivity contribution in [3.8, 4) is 0 Å². The first kappa shape index (κ1) is 16.5. The van der Waals surface area contributed by atoms with E-state index >= 15 is 0 Å². The predicted octanol–water partition coefficient (Wildman–Crippen LogP) is 4.72. The number of fused-ring (bicyclic) bond motifs is 1. The lowest BCUT2D eigenvalue weighted by molar-refractivity contribution is 0.112. The van der Waals surface area contributed by atoms with Crippen LogP contribution in [0.15, 0.2) is 34.1 Å². The molecule has 0 aromatic carbocycles. The molecular weight excluding hydrogens is 380 g/mol. The number of rotatable bonds is 4. The van der Waals surface area contributed by atoms with Crippen LogP contribution in [0.1, 0.15) is 60.1 Å². The van der Waals surface area contributed by atoms with Gasteiger partial charge in [-0.1, -0.05) is 17.9 Å². The molecule has 5 nitrogen and oxygen atoms in total. The zero-order valence-electron chi connectivity index (χ0n) is 14.2. The van der Waals surface area contributed by atoms with Crippen molar-refractivity contribution >= 4 is 39.9 Å². The third-order valence-corrected chi connectivity index (χ3v) is 5.71. The highest BCUT2D eigenvalue weighted by molar-refractivity contribution is 9.10. The second kappa shape index (κ2) is 6.42. The Bertz CT molecular complexity index is 860. The highest BCUT2D eigenvalue weighted by Crippen LogP contribution is 2.43. The number of aromatic nitrogens is 2. The van der Waals surface area contributed by atoms with E-state index in [1.807, 2.05) is 24.5 Å². The molecule has 6 heteroatoms. The molecule has 4 rings (SSSR count). The van der Waals surface area contributed by atoms with E-state index in [0.29, 0.717) is 16.1 Å². The van der Waals surface area contributed by atoms with Gasteiger partial charge in [0, 0.05) is 28.2 Å². The number of quaternary nitrogens is 1. The largest absolute Gasteiger partial charge is 0.298 e. The van der Waals surface area contributed by atoms with Crippen molar-refractivity contribution in [2.75, 3.05) is 6.54 Å². The normalized spacial score (nSPS) is 22.3. The van der Waals surface area contributed by atoms with Gasteiger partial charge >= 0.3 is 0 Å². The van der Waals surface area contributed by atoms with E-state index in [0.717, 1.165) is 52.9 Å². The lowest BCUT2D eigenvalue weighted by Crippen LogP contribution is -2.37.